The number of aliphatic hydroxyl groups is 1. The molecule has 5 atom stereocenters. The van der Waals surface area contributed by atoms with Gasteiger partial charge >= 0.3 is 0 Å². The lowest BCUT2D eigenvalue weighted by Crippen LogP contribution is -2.48. The number of fused-ring (bicyclic) bond motifs is 4. The van der Waals surface area contributed by atoms with Crippen LogP contribution >= 0.6 is 0 Å². The Balaban J connectivity index is 1.53. The molecular weight excluding hydrogens is 338 g/mol. The number of allylic oxidation sites excluding steroid dienone is 2. The van der Waals surface area contributed by atoms with Crippen LogP contribution < -0.4 is 0 Å². The minimum Gasteiger partial charge on any atom is -0.392 e. The normalized spacial score (nSPS) is 45.1. The molecule has 27 heavy (non-hydrogen) atoms. The van der Waals surface area contributed by atoms with Crippen LogP contribution in [0.5, 0.6) is 0 Å². The highest BCUT2D eigenvalue weighted by atomic mass is 16.7. The smallest absolute Gasteiger partial charge is 0.172 e. The number of ether oxygens (including phenoxy) is 2. The summed E-state index contributed by atoms with van der Waals surface area (Å²) in [4.78, 5) is 0. The number of rotatable bonds is 1. The Bertz CT molecular complexity index is 756. The standard InChI is InChI=1S/C23H31NO3/c1-3-22(14-24)8-6-18-20-17(4-7-21(18,22)2)16-5-9-23(26-10-11-27-23)13-15(16)12-19(20)25/h4,18-20,25H,3,5-13H2,1-2H3/t18-,19+,20+,21-,22+/m0/s1. The fraction of sp³-hybridized carbons (Fsp3) is 0.783. The first kappa shape index (κ1) is 17.9. The maximum absolute atomic E-state index is 11.2. The highest BCUT2D eigenvalue weighted by Crippen LogP contribution is 2.67. The number of hydrogen-bond acceptors (Lipinski definition) is 4. The third-order valence-electron chi connectivity index (χ3n) is 8.85. The predicted molar refractivity (Wildman–Crippen MR) is 101 cm³/mol. The van der Waals surface area contributed by atoms with Crippen molar-refractivity contribution >= 4 is 0 Å². The summed E-state index contributed by atoms with van der Waals surface area (Å²) in [6.07, 6.45) is 9.42. The highest BCUT2D eigenvalue weighted by Gasteiger charge is 2.61. The zero-order chi connectivity index (χ0) is 18.9. The molecule has 2 fully saturated rings. The number of nitriles is 1. The van der Waals surface area contributed by atoms with Crippen molar-refractivity contribution < 1.29 is 14.6 Å². The van der Waals surface area contributed by atoms with E-state index in [0.29, 0.717) is 19.1 Å². The van der Waals surface area contributed by atoms with Crippen molar-refractivity contribution in [2.75, 3.05) is 13.2 Å². The van der Waals surface area contributed by atoms with Gasteiger partial charge in [-0.05, 0) is 61.0 Å². The van der Waals surface area contributed by atoms with Crippen molar-refractivity contribution in [3.05, 3.63) is 22.8 Å². The second kappa shape index (κ2) is 5.92. The van der Waals surface area contributed by atoms with Crippen molar-refractivity contribution in [3.8, 4) is 6.07 Å². The Hall–Kier alpha value is -1.15. The number of nitrogens with zero attached hydrogens (tertiary/aromatic N) is 1. The third-order valence-corrected chi connectivity index (χ3v) is 8.85. The van der Waals surface area contributed by atoms with E-state index in [2.05, 4.69) is 26.0 Å². The molecule has 0 amide bonds. The Kier molecular flexibility index (Phi) is 3.93. The first-order valence-corrected chi connectivity index (χ1v) is 10.8. The van der Waals surface area contributed by atoms with E-state index in [1.165, 1.54) is 16.7 Å². The van der Waals surface area contributed by atoms with Gasteiger partial charge in [0, 0.05) is 18.8 Å². The van der Waals surface area contributed by atoms with Gasteiger partial charge in [-0.1, -0.05) is 25.5 Å². The maximum Gasteiger partial charge on any atom is 0.172 e. The van der Waals surface area contributed by atoms with E-state index >= 15 is 0 Å². The van der Waals surface area contributed by atoms with E-state index in [1.54, 1.807) is 0 Å². The summed E-state index contributed by atoms with van der Waals surface area (Å²) in [5.74, 6) is 0.181. The van der Waals surface area contributed by atoms with Gasteiger partial charge < -0.3 is 14.6 Å². The summed E-state index contributed by atoms with van der Waals surface area (Å²) in [7, 11) is 0. The van der Waals surface area contributed by atoms with Gasteiger partial charge in [-0.2, -0.15) is 5.26 Å². The zero-order valence-electron chi connectivity index (χ0n) is 16.6. The van der Waals surface area contributed by atoms with Gasteiger partial charge in [0.05, 0.1) is 30.8 Å². The molecule has 0 aromatic carbocycles. The minimum atomic E-state index is -0.430. The van der Waals surface area contributed by atoms with Gasteiger partial charge in [0.2, 0.25) is 0 Å². The Morgan fingerprint density at radius 3 is 2.78 bits per heavy atom. The molecule has 0 aromatic rings. The lowest BCUT2D eigenvalue weighted by molar-refractivity contribution is -0.165. The van der Waals surface area contributed by atoms with E-state index < -0.39 is 5.79 Å². The highest BCUT2D eigenvalue weighted by molar-refractivity contribution is 5.46. The molecule has 1 saturated carbocycles. The van der Waals surface area contributed by atoms with Crippen molar-refractivity contribution in [3.63, 3.8) is 0 Å². The summed E-state index contributed by atoms with van der Waals surface area (Å²) < 4.78 is 11.9. The molecule has 1 saturated heterocycles. The Morgan fingerprint density at radius 1 is 1.30 bits per heavy atom. The van der Waals surface area contributed by atoms with Gasteiger partial charge in [-0.3, -0.25) is 0 Å². The van der Waals surface area contributed by atoms with Crippen LogP contribution in [0.2, 0.25) is 0 Å². The van der Waals surface area contributed by atoms with Crippen LogP contribution in [-0.4, -0.2) is 30.2 Å². The van der Waals surface area contributed by atoms with Crippen LogP contribution in [0, 0.1) is 34.0 Å². The van der Waals surface area contributed by atoms with Crippen LogP contribution in [0.1, 0.15) is 65.2 Å². The fourth-order valence-corrected chi connectivity index (χ4v) is 7.28. The molecule has 5 aliphatic rings. The maximum atomic E-state index is 11.2. The third kappa shape index (κ3) is 2.26. The van der Waals surface area contributed by atoms with E-state index in [9.17, 15) is 10.4 Å². The van der Waals surface area contributed by atoms with Crippen molar-refractivity contribution in [1.82, 2.24) is 0 Å². The molecule has 0 unspecified atom stereocenters. The fourth-order valence-electron chi connectivity index (χ4n) is 7.28. The lowest BCUT2D eigenvalue weighted by atomic mass is 9.52. The first-order chi connectivity index (χ1) is 13.0. The number of aliphatic hydroxyl groups excluding tert-OH is 1. The van der Waals surface area contributed by atoms with Crippen molar-refractivity contribution in [2.45, 2.75) is 77.1 Å². The second-order valence-corrected chi connectivity index (χ2v) is 9.64. The molecule has 0 bridgehead atoms. The topological polar surface area (TPSA) is 62.5 Å². The molecule has 146 valence electrons. The van der Waals surface area contributed by atoms with Gasteiger partial charge in [0.15, 0.2) is 5.79 Å². The van der Waals surface area contributed by atoms with E-state index in [-0.39, 0.29) is 22.9 Å². The summed E-state index contributed by atoms with van der Waals surface area (Å²) in [5.41, 5.74) is 3.96. The molecule has 4 aliphatic carbocycles. The van der Waals surface area contributed by atoms with E-state index in [4.69, 9.17) is 9.47 Å². The molecule has 1 heterocycles. The molecule has 5 rings (SSSR count). The Morgan fingerprint density at radius 2 is 2.07 bits per heavy atom. The van der Waals surface area contributed by atoms with Gasteiger partial charge in [0.1, 0.15) is 0 Å². The SMILES string of the molecule is CC[C@]1(C#N)CC[C@H]2[C@H]3C(=CC[C@@]21C)C1=C(C[C@H]3O)CC2(CC1)OCCO2. The van der Waals surface area contributed by atoms with Crippen molar-refractivity contribution in [1.29, 1.82) is 5.26 Å². The van der Waals surface area contributed by atoms with Crippen LogP contribution in [0.3, 0.4) is 0 Å². The average Bonchev–Trinajstić information content (AvgIpc) is 3.23. The lowest BCUT2D eigenvalue weighted by Gasteiger charge is -2.52. The summed E-state index contributed by atoms with van der Waals surface area (Å²) >= 11 is 0. The molecule has 4 nitrogen and oxygen atoms in total. The summed E-state index contributed by atoms with van der Waals surface area (Å²) in [6, 6.07) is 2.71. The van der Waals surface area contributed by atoms with Crippen LogP contribution in [-0.2, 0) is 9.47 Å². The second-order valence-electron chi connectivity index (χ2n) is 9.64. The van der Waals surface area contributed by atoms with Gasteiger partial charge in [-0.15, -0.1) is 0 Å². The minimum absolute atomic E-state index is 0.0166. The molecule has 1 aliphatic heterocycles. The molecular formula is C23H31NO3. The van der Waals surface area contributed by atoms with E-state index in [0.717, 1.165) is 51.4 Å². The quantitative estimate of drug-likeness (QED) is 0.750. The van der Waals surface area contributed by atoms with Crippen LogP contribution in [0.25, 0.3) is 0 Å². The molecule has 0 radical (unpaired) electrons. The zero-order valence-corrected chi connectivity index (χ0v) is 16.6. The van der Waals surface area contributed by atoms with E-state index in [1.807, 2.05) is 0 Å². The Labute approximate surface area is 162 Å². The molecule has 1 N–H and O–H groups in total. The molecule has 4 heteroatoms. The van der Waals surface area contributed by atoms with Crippen LogP contribution in [0.4, 0.5) is 0 Å². The summed E-state index contributed by atoms with van der Waals surface area (Å²) in [6.45, 7) is 5.85. The molecule has 0 aromatic heterocycles. The molecule has 1 spiro atoms. The van der Waals surface area contributed by atoms with Gasteiger partial charge in [-0.25, -0.2) is 0 Å². The predicted octanol–water partition coefficient (Wildman–Crippen LogP) is 4.26. The van der Waals surface area contributed by atoms with Crippen molar-refractivity contribution in [2.24, 2.45) is 22.7 Å². The van der Waals surface area contributed by atoms with Crippen LogP contribution in [0.15, 0.2) is 22.8 Å². The largest absolute Gasteiger partial charge is 0.392 e. The van der Waals surface area contributed by atoms with Gasteiger partial charge in [0.25, 0.3) is 0 Å². The number of hydrogen-bond donors (Lipinski definition) is 1. The monoisotopic (exact) mass is 369 g/mol. The average molecular weight is 370 g/mol. The first-order valence-electron chi connectivity index (χ1n) is 10.8. The summed E-state index contributed by atoms with van der Waals surface area (Å²) in [5, 5.41) is 21.2.